The average molecular weight is 256 g/mol. The molecule has 1 unspecified atom stereocenters. The minimum Gasteiger partial charge on any atom is -0.363 e. The monoisotopic (exact) mass is 256 g/mol. The summed E-state index contributed by atoms with van der Waals surface area (Å²) in [5.41, 5.74) is 4.82. The number of primary amides is 1. The van der Waals surface area contributed by atoms with E-state index in [1.807, 2.05) is 6.92 Å². The first-order valence-electron chi connectivity index (χ1n) is 6.55. The van der Waals surface area contributed by atoms with Crippen molar-refractivity contribution < 1.29 is 14.4 Å². The van der Waals surface area contributed by atoms with Gasteiger partial charge in [0.05, 0.1) is 0 Å². The van der Waals surface area contributed by atoms with Gasteiger partial charge < -0.3 is 10.6 Å². The van der Waals surface area contributed by atoms with Crippen molar-refractivity contribution in [1.29, 1.82) is 0 Å². The summed E-state index contributed by atoms with van der Waals surface area (Å²) in [6.07, 6.45) is 6.08. The van der Waals surface area contributed by atoms with Gasteiger partial charge in [-0.2, -0.15) is 0 Å². The van der Waals surface area contributed by atoms with Gasteiger partial charge in [-0.1, -0.05) is 26.7 Å². The van der Waals surface area contributed by atoms with Crippen LogP contribution in [0.5, 0.6) is 0 Å². The Labute approximate surface area is 109 Å². The Morgan fingerprint density at radius 3 is 2.22 bits per heavy atom. The molecule has 0 aromatic heterocycles. The largest absolute Gasteiger partial charge is 0.363 e. The van der Waals surface area contributed by atoms with Gasteiger partial charge in [0.25, 0.3) is 5.91 Å². The second kappa shape index (κ2) is 9.62. The fraction of sp³-hybridized carbons (Fsp3) is 0.769. The first kappa shape index (κ1) is 16.6. The van der Waals surface area contributed by atoms with E-state index in [-0.39, 0.29) is 5.92 Å². The van der Waals surface area contributed by atoms with Crippen LogP contribution in [0.3, 0.4) is 0 Å². The molecule has 2 N–H and O–H groups in total. The van der Waals surface area contributed by atoms with Crippen LogP contribution in [0.1, 0.15) is 46.0 Å². The molecule has 18 heavy (non-hydrogen) atoms. The van der Waals surface area contributed by atoms with Crippen molar-refractivity contribution >= 4 is 18.1 Å². The van der Waals surface area contributed by atoms with Gasteiger partial charge in [0, 0.05) is 19.0 Å². The van der Waals surface area contributed by atoms with Crippen LogP contribution in [-0.4, -0.2) is 36.1 Å². The van der Waals surface area contributed by atoms with Crippen LogP contribution in [0.15, 0.2) is 0 Å². The molecule has 0 aromatic carbocycles. The number of Topliss-reactive ketones (excluding diaryl/α,β-unsaturated/α-hetero) is 1. The predicted molar refractivity (Wildman–Crippen MR) is 69.8 cm³/mol. The summed E-state index contributed by atoms with van der Waals surface area (Å²) >= 11 is 0. The van der Waals surface area contributed by atoms with Gasteiger partial charge >= 0.3 is 0 Å². The van der Waals surface area contributed by atoms with E-state index >= 15 is 0 Å². The molecule has 1 fully saturated rings. The molecule has 5 heteroatoms. The molecular formula is C13H24N2O3. The summed E-state index contributed by atoms with van der Waals surface area (Å²) in [7, 11) is 0. The SMILES string of the molecule is CCCCC(C)C(=O)C(N)=O.O=CN1CCCC1. The van der Waals surface area contributed by atoms with Gasteiger partial charge in [0.15, 0.2) is 0 Å². The standard InChI is InChI=1S/C8H15NO2.C5H9NO/c1-3-4-5-6(2)7(10)8(9)11;7-5-6-3-1-2-4-6/h6H,3-5H2,1-2H3,(H2,9,11);5H,1-4H2. The van der Waals surface area contributed by atoms with E-state index < -0.39 is 11.7 Å². The third-order valence-electron chi connectivity index (χ3n) is 2.97. The summed E-state index contributed by atoms with van der Waals surface area (Å²) < 4.78 is 0. The molecule has 1 atom stereocenters. The van der Waals surface area contributed by atoms with Crippen LogP contribution in [-0.2, 0) is 14.4 Å². The normalized spacial score (nSPS) is 15.6. The quantitative estimate of drug-likeness (QED) is 0.571. The van der Waals surface area contributed by atoms with Crippen molar-refractivity contribution in [2.24, 2.45) is 11.7 Å². The molecule has 1 rings (SSSR count). The molecule has 1 saturated heterocycles. The number of rotatable bonds is 6. The lowest BCUT2D eigenvalue weighted by atomic mass is 9.99. The smallest absolute Gasteiger partial charge is 0.285 e. The van der Waals surface area contributed by atoms with Gasteiger partial charge in [-0.25, -0.2) is 0 Å². The summed E-state index contributed by atoms with van der Waals surface area (Å²) in [6, 6.07) is 0. The number of nitrogens with two attached hydrogens (primary N) is 1. The van der Waals surface area contributed by atoms with Gasteiger partial charge in [0.2, 0.25) is 12.2 Å². The minimum absolute atomic E-state index is 0.201. The van der Waals surface area contributed by atoms with Crippen molar-refractivity contribution in [3.63, 3.8) is 0 Å². The number of likely N-dealkylation sites (tertiary alicyclic amines) is 1. The number of amides is 2. The molecule has 1 aliphatic rings. The van der Waals surface area contributed by atoms with Crippen molar-refractivity contribution in [3.8, 4) is 0 Å². The van der Waals surface area contributed by atoms with Crippen LogP contribution in [0, 0.1) is 5.92 Å². The van der Waals surface area contributed by atoms with Crippen LogP contribution in [0.2, 0.25) is 0 Å². The van der Waals surface area contributed by atoms with E-state index in [1.165, 1.54) is 12.8 Å². The molecule has 0 saturated carbocycles. The maximum absolute atomic E-state index is 10.9. The van der Waals surface area contributed by atoms with E-state index in [0.717, 1.165) is 38.8 Å². The molecule has 5 nitrogen and oxygen atoms in total. The maximum atomic E-state index is 10.9. The van der Waals surface area contributed by atoms with Crippen LogP contribution < -0.4 is 5.73 Å². The second-order valence-electron chi connectivity index (χ2n) is 4.62. The van der Waals surface area contributed by atoms with Crippen molar-refractivity contribution in [1.82, 2.24) is 4.90 Å². The topological polar surface area (TPSA) is 80.5 Å². The Morgan fingerprint density at radius 2 is 1.89 bits per heavy atom. The number of ketones is 1. The van der Waals surface area contributed by atoms with E-state index in [2.05, 4.69) is 0 Å². The molecule has 0 bridgehead atoms. The number of nitrogens with zero attached hydrogens (tertiary/aromatic N) is 1. The Balaban J connectivity index is 0.000000351. The molecule has 0 radical (unpaired) electrons. The van der Waals surface area contributed by atoms with Gasteiger partial charge in [0.1, 0.15) is 0 Å². The highest BCUT2D eigenvalue weighted by molar-refractivity contribution is 6.36. The fourth-order valence-electron chi connectivity index (χ4n) is 1.73. The molecular weight excluding hydrogens is 232 g/mol. The molecule has 2 amide bonds. The van der Waals surface area contributed by atoms with Crippen molar-refractivity contribution in [3.05, 3.63) is 0 Å². The molecule has 1 aliphatic heterocycles. The fourth-order valence-corrected chi connectivity index (χ4v) is 1.73. The number of hydrogen-bond acceptors (Lipinski definition) is 3. The lowest BCUT2D eigenvalue weighted by Gasteiger charge is -2.05. The summed E-state index contributed by atoms with van der Waals surface area (Å²) in [4.78, 5) is 33.0. The molecule has 1 heterocycles. The second-order valence-corrected chi connectivity index (χ2v) is 4.62. The number of hydrogen-bond donors (Lipinski definition) is 1. The third-order valence-corrected chi connectivity index (χ3v) is 2.97. The van der Waals surface area contributed by atoms with Crippen LogP contribution in [0.25, 0.3) is 0 Å². The van der Waals surface area contributed by atoms with E-state index in [9.17, 15) is 14.4 Å². The Bertz CT molecular complexity index is 273. The number of carbonyl (C=O) groups excluding carboxylic acids is 3. The Morgan fingerprint density at radius 1 is 1.33 bits per heavy atom. The lowest BCUT2D eigenvalue weighted by Crippen LogP contribution is -2.28. The predicted octanol–water partition coefficient (Wildman–Crippen LogP) is 1.11. The van der Waals surface area contributed by atoms with Crippen molar-refractivity contribution in [2.45, 2.75) is 46.0 Å². The summed E-state index contributed by atoms with van der Waals surface area (Å²) in [6.45, 7) is 5.73. The molecule has 0 spiro atoms. The summed E-state index contributed by atoms with van der Waals surface area (Å²) in [5.74, 6) is -1.46. The average Bonchev–Trinajstić information content (AvgIpc) is 2.88. The minimum atomic E-state index is -0.811. The zero-order valence-electron chi connectivity index (χ0n) is 11.4. The first-order valence-corrected chi connectivity index (χ1v) is 6.55. The molecule has 104 valence electrons. The number of unbranched alkanes of at least 4 members (excludes halogenated alkanes) is 1. The first-order chi connectivity index (χ1) is 8.52. The highest BCUT2D eigenvalue weighted by Crippen LogP contribution is 2.07. The van der Waals surface area contributed by atoms with E-state index in [4.69, 9.17) is 5.73 Å². The van der Waals surface area contributed by atoms with Gasteiger partial charge in [-0.05, 0) is 19.3 Å². The van der Waals surface area contributed by atoms with Crippen molar-refractivity contribution in [2.75, 3.05) is 13.1 Å². The molecule has 0 aliphatic carbocycles. The highest BCUT2D eigenvalue weighted by Gasteiger charge is 2.16. The Kier molecular flexibility index (Phi) is 8.88. The van der Waals surface area contributed by atoms with Crippen LogP contribution >= 0.6 is 0 Å². The van der Waals surface area contributed by atoms with Crippen LogP contribution in [0.4, 0.5) is 0 Å². The summed E-state index contributed by atoms with van der Waals surface area (Å²) in [5, 5.41) is 0. The highest BCUT2D eigenvalue weighted by atomic mass is 16.2. The zero-order chi connectivity index (χ0) is 14.0. The van der Waals surface area contributed by atoms with Gasteiger partial charge in [-0.15, -0.1) is 0 Å². The number of carbonyl (C=O) groups is 3. The maximum Gasteiger partial charge on any atom is 0.285 e. The third kappa shape index (κ3) is 7.04. The van der Waals surface area contributed by atoms with E-state index in [1.54, 1.807) is 11.8 Å². The van der Waals surface area contributed by atoms with E-state index in [0.29, 0.717) is 0 Å². The zero-order valence-corrected chi connectivity index (χ0v) is 11.4. The Hall–Kier alpha value is -1.39. The molecule has 0 aromatic rings. The van der Waals surface area contributed by atoms with Gasteiger partial charge in [-0.3, -0.25) is 14.4 Å². The lowest BCUT2D eigenvalue weighted by molar-refractivity contribution is -0.138.